The lowest BCUT2D eigenvalue weighted by molar-refractivity contribution is -0.230. The smallest absolute Gasteiger partial charge is 0.112 e. The van der Waals surface area contributed by atoms with Gasteiger partial charge in [-0.2, -0.15) is 5.53 Å². The molecule has 0 amide bonds. The van der Waals surface area contributed by atoms with Crippen molar-refractivity contribution in [1.82, 2.24) is 0 Å². The van der Waals surface area contributed by atoms with Crippen LogP contribution >= 0.6 is 0 Å². The summed E-state index contributed by atoms with van der Waals surface area (Å²) in [7, 11) is 0. The molecule has 14 heavy (non-hydrogen) atoms. The number of hydrogen-bond acceptors (Lipinski definition) is 1. The Bertz CT molecular complexity index is 177. The second-order valence-corrected chi connectivity index (χ2v) is 5.12. The normalized spacial score (nSPS) is 35.4. The summed E-state index contributed by atoms with van der Waals surface area (Å²) >= 11 is 0. The molecule has 0 bridgehead atoms. The molecule has 2 aliphatic carbocycles. The maximum absolute atomic E-state index is 5.35. The Morgan fingerprint density at radius 2 is 1.29 bits per heavy atom. The van der Waals surface area contributed by atoms with E-state index in [4.69, 9.17) is 5.53 Å². The first-order chi connectivity index (χ1) is 6.90. The van der Waals surface area contributed by atoms with Crippen LogP contribution in [0.1, 0.15) is 57.8 Å². The number of nitrogens with zero attached hydrogens (tertiary/aromatic N) is 1. The van der Waals surface area contributed by atoms with Crippen LogP contribution in [0.2, 0.25) is 0 Å². The van der Waals surface area contributed by atoms with Crippen LogP contribution in [0.25, 0.3) is 0 Å². The van der Waals surface area contributed by atoms with Gasteiger partial charge in [0.2, 0.25) is 0 Å². The minimum atomic E-state index is 0.481. The first-order valence-corrected chi connectivity index (χ1v) is 6.30. The average molecular weight is 195 g/mol. The van der Waals surface area contributed by atoms with E-state index in [1.165, 1.54) is 57.8 Å². The fourth-order valence-corrected chi connectivity index (χ4v) is 3.33. The van der Waals surface area contributed by atoms with Crippen molar-refractivity contribution in [3.8, 4) is 0 Å². The minimum Gasteiger partial charge on any atom is -0.157 e. The quantitative estimate of drug-likeness (QED) is 0.657. The van der Waals surface area contributed by atoms with E-state index in [-0.39, 0.29) is 0 Å². The number of hydrogen-bond donors (Lipinski definition) is 1. The van der Waals surface area contributed by atoms with E-state index in [0.717, 1.165) is 11.8 Å². The van der Waals surface area contributed by atoms with Gasteiger partial charge in [-0.3, -0.25) is 0 Å². The molecule has 2 nitrogen and oxygen atoms in total. The van der Waals surface area contributed by atoms with Crippen LogP contribution in [0.5, 0.6) is 0 Å². The van der Waals surface area contributed by atoms with E-state index < -0.39 is 0 Å². The van der Waals surface area contributed by atoms with Gasteiger partial charge in [0.25, 0.3) is 0 Å². The first-order valence-electron chi connectivity index (χ1n) is 6.30. The van der Waals surface area contributed by atoms with Gasteiger partial charge < -0.3 is 0 Å². The summed E-state index contributed by atoms with van der Waals surface area (Å²) in [6.07, 6.45) is 12.7. The van der Waals surface area contributed by atoms with Crippen molar-refractivity contribution in [2.24, 2.45) is 17.0 Å². The molecule has 2 fully saturated rings. The highest BCUT2D eigenvalue weighted by atomic mass is 15.0. The van der Waals surface area contributed by atoms with Crippen LogP contribution in [0, 0.1) is 11.8 Å². The van der Waals surface area contributed by atoms with Gasteiger partial charge in [-0.25, -0.2) is 0 Å². The maximum Gasteiger partial charge on any atom is 0.112 e. The molecule has 0 aromatic rings. The Balaban J connectivity index is 1.78. The third-order valence-corrected chi connectivity index (χ3v) is 4.27. The van der Waals surface area contributed by atoms with Gasteiger partial charge in [0.1, 0.15) is 6.04 Å². The summed E-state index contributed by atoms with van der Waals surface area (Å²) in [5.41, 5.74) is 5.35. The topological polar surface area (TPSA) is 38.0 Å². The van der Waals surface area contributed by atoms with Gasteiger partial charge >= 0.3 is 0 Å². The van der Waals surface area contributed by atoms with Crippen LogP contribution in [-0.4, -0.2) is 6.04 Å². The summed E-state index contributed by atoms with van der Waals surface area (Å²) in [6.45, 7) is 0. The van der Waals surface area contributed by atoms with E-state index in [1.54, 1.807) is 0 Å². The fraction of sp³-hybridized carbons (Fsp3) is 1.00. The molecule has 2 heteroatoms. The molecule has 2 aliphatic rings. The molecule has 0 heterocycles. The van der Waals surface area contributed by atoms with E-state index >= 15 is 0 Å². The van der Waals surface area contributed by atoms with Crippen molar-refractivity contribution < 1.29 is 5.53 Å². The van der Waals surface area contributed by atoms with E-state index in [0.29, 0.717) is 6.04 Å². The van der Waals surface area contributed by atoms with Gasteiger partial charge in [0, 0.05) is 0 Å². The molecule has 2 saturated carbocycles. The Kier molecular flexibility index (Phi) is 3.55. The highest BCUT2D eigenvalue weighted by Gasteiger charge is 2.28. The molecule has 0 aliphatic heterocycles. The molecule has 0 spiro atoms. The zero-order valence-corrected chi connectivity index (χ0v) is 9.12. The van der Waals surface area contributed by atoms with Crippen LogP contribution in [-0.2, 0) is 0 Å². The standard InChI is InChI=1S/C12H22N2/c13-14-12-8-6-11(7-9-12)10-4-2-1-3-5-10/h10-13H,1-9H2/p+1. The summed E-state index contributed by atoms with van der Waals surface area (Å²) in [5.74, 6) is 2.05. The summed E-state index contributed by atoms with van der Waals surface area (Å²) in [6, 6.07) is 0.481. The second kappa shape index (κ2) is 4.90. The predicted octanol–water partition coefficient (Wildman–Crippen LogP) is 2.34. The van der Waals surface area contributed by atoms with Crippen LogP contribution < -0.4 is 5.53 Å². The van der Waals surface area contributed by atoms with Crippen LogP contribution in [0.3, 0.4) is 0 Å². The molecule has 0 radical (unpaired) electrons. The molecular weight excluding hydrogens is 172 g/mol. The van der Waals surface area contributed by atoms with Crippen LogP contribution in [0.15, 0.2) is 5.11 Å². The van der Waals surface area contributed by atoms with Crippen molar-refractivity contribution in [1.29, 1.82) is 0 Å². The van der Waals surface area contributed by atoms with Crippen molar-refractivity contribution in [2.45, 2.75) is 63.8 Å². The number of rotatable bonds is 2. The largest absolute Gasteiger partial charge is 0.157 e. The highest BCUT2D eigenvalue weighted by molar-refractivity contribution is 4.81. The minimum absolute atomic E-state index is 0.481. The lowest BCUT2D eigenvalue weighted by Crippen LogP contribution is -2.32. The SMILES string of the molecule is [NH2+]=NC1CCC(C2CCCCC2)CC1. The third kappa shape index (κ3) is 2.34. The summed E-state index contributed by atoms with van der Waals surface area (Å²) in [4.78, 5) is 0. The maximum atomic E-state index is 5.35. The highest BCUT2D eigenvalue weighted by Crippen LogP contribution is 2.38. The Morgan fingerprint density at radius 1 is 0.714 bits per heavy atom. The molecule has 0 unspecified atom stereocenters. The van der Waals surface area contributed by atoms with Gasteiger partial charge in [0.15, 0.2) is 0 Å². The molecular formula is C12H23N2+. The lowest BCUT2D eigenvalue weighted by Gasteiger charge is -2.33. The Morgan fingerprint density at radius 3 is 1.86 bits per heavy atom. The number of nitrogens with two attached hydrogens (primary N) is 1. The fourth-order valence-electron chi connectivity index (χ4n) is 3.33. The van der Waals surface area contributed by atoms with Gasteiger partial charge in [-0.1, -0.05) is 32.1 Å². The Labute approximate surface area is 87.0 Å². The van der Waals surface area contributed by atoms with Crippen molar-refractivity contribution in [2.75, 3.05) is 0 Å². The second-order valence-electron chi connectivity index (χ2n) is 5.12. The molecule has 0 saturated heterocycles. The first kappa shape index (κ1) is 10.1. The Hall–Kier alpha value is -0.400. The molecule has 0 aromatic carbocycles. The van der Waals surface area contributed by atoms with E-state index in [9.17, 15) is 0 Å². The van der Waals surface area contributed by atoms with Gasteiger partial charge in [-0.15, -0.1) is 0 Å². The van der Waals surface area contributed by atoms with Crippen molar-refractivity contribution in [3.05, 3.63) is 0 Å². The lowest BCUT2D eigenvalue weighted by atomic mass is 9.72. The zero-order valence-electron chi connectivity index (χ0n) is 9.12. The molecule has 2 rings (SSSR count). The molecule has 80 valence electrons. The molecule has 0 aromatic heterocycles. The van der Waals surface area contributed by atoms with E-state index in [1.807, 2.05) is 0 Å². The van der Waals surface area contributed by atoms with Crippen LogP contribution in [0.4, 0.5) is 0 Å². The predicted molar refractivity (Wildman–Crippen MR) is 56.7 cm³/mol. The zero-order chi connectivity index (χ0) is 9.80. The van der Waals surface area contributed by atoms with Crippen molar-refractivity contribution >= 4 is 0 Å². The summed E-state index contributed by atoms with van der Waals surface area (Å²) in [5, 5.41) is 3.93. The van der Waals surface area contributed by atoms with E-state index in [2.05, 4.69) is 5.11 Å². The molecule has 0 atom stereocenters. The van der Waals surface area contributed by atoms with Crippen molar-refractivity contribution in [3.63, 3.8) is 0 Å². The third-order valence-electron chi connectivity index (χ3n) is 4.27. The van der Waals surface area contributed by atoms with Gasteiger partial charge in [-0.05, 0) is 42.6 Å². The summed E-state index contributed by atoms with van der Waals surface area (Å²) < 4.78 is 0. The monoisotopic (exact) mass is 195 g/mol. The van der Waals surface area contributed by atoms with Gasteiger partial charge in [0.05, 0.1) is 0 Å². The molecule has 2 N–H and O–H groups in total. The average Bonchev–Trinajstić information content (AvgIpc) is 2.30.